The van der Waals surface area contributed by atoms with Crippen molar-refractivity contribution in [1.29, 1.82) is 0 Å². The normalized spacial score (nSPS) is 38.9. The molecule has 3 rings (SSSR count). The summed E-state index contributed by atoms with van der Waals surface area (Å²) in [6.45, 7) is 3.60. The van der Waals surface area contributed by atoms with Gasteiger partial charge in [0.25, 0.3) is 0 Å². The molecular formula is C14H23NO2. The molecule has 17 heavy (non-hydrogen) atoms. The zero-order valence-corrected chi connectivity index (χ0v) is 10.6. The van der Waals surface area contributed by atoms with E-state index in [9.17, 15) is 9.90 Å². The smallest absolute Gasteiger partial charge is 0.226 e. The summed E-state index contributed by atoms with van der Waals surface area (Å²) in [7, 11) is 0. The highest BCUT2D eigenvalue weighted by molar-refractivity contribution is 5.82. The lowest BCUT2D eigenvalue weighted by Gasteiger charge is -2.33. The van der Waals surface area contributed by atoms with Gasteiger partial charge < -0.3 is 10.0 Å². The zero-order valence-electron chi connectivity index (χ0n) is 10.6. The molecule has 3 heteroatoms. The van der Waals surface area contributed by atoms with E-state index >= 15 is 0 Å². The van der Waals surface area contributed by atoms with Gasteiger partial charge in [-0.2, -0.15) is 0 Å². The molecule has 3 nitrogen and oxygen atoms in total. The van der Waals surface area contributed by atoms with Crippen LogP contribution in [-0.2, 0) is 4.79 Å². The van der Waals surface area contributed by atoms with Gasteiger partial charge in [0.1, 0.15) is 0 Å². The van der Waals surface area contributed by atoms with Crippen LogP contribution in [0.3, 0.4) is 0 Å². The van der Waals surface area contributed by atoms with Crippen LogP contribution < -0.4 is 0 Å². The maximum atomic E-state index is 12.3. The van der Waals surface area contributed by atoms with E-state index < -0.39 is 0 Å². The fourth-order valence-electron chi connectivity index (χ4n) is 4.00. The Morgan fingerprint density at radius 2 is 1.76 bits per heavy atom. The molecule has 2 saturated carbocycles. The first kappa shape index (κ1) is 11.5. The highest BCUT2D eigenvalue weighted by Gasteiger charge is 2.57. The minimum atomic E-state index is -0.215. The molecule has 0 bridgehead atoms. The van der Waals surface area contributed by atoms with Crippen molar-refractivity contribution >= 4 is 5.91 Å². The van der Waals surface area contributed by atoms with Crippen molar-refractivity contribution in [2.45, 2.75) is 45.1 Å². The summed E-state index contributed by atoms with van der Waals surface area (Å²) in [6, 6.07) is 0. The predicted octanol–water partition coefficient (Wildman–Crippen LogP) is 1.65. The van der Waals surface area contributed by atoms with Crippen LogP contribution in [0.2, 0.25) is 0 Å². The third kappa shape index (κ3) is 1.99. The second kappa shape index (κ2) is 4.27. The third-order valence-corrected chi connectivity index (χ3v) is 5.23. The molecule has 3 atom stereocenters. The Labute approximate surface area is 103 Å². The molecule has 0 aromatic carbocycles. The summed E-state index contributed by atoms with van der Waals surface area (Å²) in [5.74, 6) is 2.67. The van der Waals surface area contributed by atoms with Gasteiger partial charge in [-0.25, -0.2) is 0 Å². The first-order valence-electron chi connectivity index (χ1n) is 7.15. The van der Waals surface area contributed by atoms with Crippen LogP contribution >= 0.6 is 0 Å². The maximum absolute atomic E-state index is 12.3. The number of likely N-dealkylation sites (tertiary alicyclic amines) is 1. The average Bonchev–Trinajstić information content (AvgIpc) is 2.81. The molecule has 3 fully saturated rings. The summed E-state index contributed by atoms with van der Waals surface area (Å²) < 4.78 is 0. The fraction of sp³-hybridized carbons (Fsp3) is 0.929. The molecule has 0 radical (unpaired) electrons. The molecule has 0 spiro atoms. The summed E-state index contributed by atoms with van der Waals surface area (Å²) in [6.07, 6.45) is 5.64. The van der Waals surface area contributed by atoms with Gasteiger partial charge in [0.2, 0.25) is 5.91 Å². The van der Waals surface area contributed by atoms with Crippen molar-refractivity contribution < 1.29 is 9.90 Å². The number of hydrogen-bond acceptors (Lipinski definition) is 2. The molecule has 3 aliphatic rings. The lowest BCUT2D eigenvalue weighted by molar-refractivity contribution is -0.135. The second-order valence-electron chi connectivity index (χ2n) is 6.19. The van der Waals surface area contributed by atoms with Crippen LogP contribution in [0.4, 0.5) is 0 Å². The van der Waals surface area contributed by atoms with Gasteiger partial charge in [-0.15, -0.1) is 0 Å². The minimum absolute atomic E-state index is 0.215. The van der Waals surface area contributed by atoms with E-state index in [4.69, 9.17) is 0 Å². The average molecular weight is 237 g/mol. The maximum Gasteiger partial charge on any atom is 0.226 e. The van der Waals surface area contributed by atoms with Crippen LogP contribution in [0.15, 0.2) is 0 Å². The topological polar surface area (TPSA) is 40.5 Å². The van der Waals surface area contributed by atoms with Crippen molar-refractivity contribution in [2.24, 2.45) is 23.7 Å². The molecule has 1 N–H and O–H groups in total. The Balaban J connectivity index is 1.52. The van der Waals surface area contributed by atoms with E-state index in [1.807, 2.05) is 6.92 Å². The van der Waals surface area contributed by atoms with Crippen molar-refractivity contribution in [1.82, 2.24) is 4.90 Å². The standard InChI is InChI=1S/C14H23NO2/c1-9(16)10-5-7-15(8-6-10)14(17)13-11-3-2-4-12(11)13/h9-13,16H,2-8H2,1H3. The number of hydrogen-bond donors (Lipinski definition) is 1. The Morgan fingerprint density at radius 1 is 1.18 bits per heavy atom. The summed E-state index contributed by atoms with van der Waals surface area (Å²) in [4.78, 5) is 14.4. The Bertz CT molecular complexity index is 297. The quantitative estimate of drug-likeness (QED) is 0.793. The van der Waals surface area contributed by atoms with Gasteiger partial charge in [0.15, 0.2) is 0 Å². The van der Waals surface area contributed by atoms with Gasteiger partial charge in [-0.3, -0.25) is 4.79 Å². The van der Waals surface area contributed by atoms with Crippen LogP contribution in [0.1, 0.15) is 39.0 Å². The lowest BCUT2D eigenvalue weighted by atomic mass is 9.92. The Kier molecular flexibility index (Phi) is 2.89. The highest BCUT2D eigenvalue weighted by atomic mass is 16.3. The molecule has 0 aromatic rings. The van der Waals surface area contributed by atoms with Crippen molar-refractivity contribution in [3.05, 3.63) is 0 Å². The van der Waals surface area contributed by atoms with Gasteiger partial charge in [-0.05, 0) is 50.4 Å². The van der Waals surface area contributed by atoms with E-state index in [2.05, 4.69) is 4.90 Å². The van der Waals surface area contributed by atoms with Crippen LogP contribution in [-0.4, -0.2) is 35.1 Å². The molecular weight excluding hydrogens is 214 g/mol. The molecule has 1 saturated heterocycles. The van der Waals surface area contributed by atoms with E-state index in [1.54, 1.807) is 0 Å². The first-order valence-corrected chi connectivity index (χ1v) is 7.15. The molecule has 2 aliphatic carbocycles. The largest absolute Gasteiger partial charge is 0.393 e. The third-order valence-electron chi connectivity index (χ3n) is 5.23. The van der Waals surface area contributed by atoms with Crippen molar-refractivity contribution in [3.63, 3.8) is 0 Å². The number of carbonyl (C=O) groups excluding carboxylic acids is 1. The van der Waals surface area contributed by atoms with E-state index in [0.717, 1.165) is 37.8 Å². The molecule has 3 unspecified atom stereocenters. The summed E-state index contributed by atoms with van der Waals surface area (Å²) in [5.41, 5.74) is 0. The van der Waals surface area contributed by atoms with Gasteiger partial charge in [-0.1, -0.05) is 6.42 Å². The number of amides is 1. The number of nitrogens with zero attached hydrogens (tertiary/aromatic N) is 1. The number of aliphatic hydroxyl groups excluding tert-OH is 1. The van der Waals surface area contributed by atoms with Crippen molar-refractivity contribution in [2.75, 3.05) is 13.1 Å². The lowest BCUT2D eigenvalue weighted by Crippen LogP contribution is -2.42. The minimum Gasteiger partial charge on any atom is -0.393 e. The van der Waals surface area contributed by atoms with Crippen LogP contribution in [0, 0.1) is 23.7 Å². The number of rotatable bonds is 2. The molecule has 0 aromatic heterocycles. The van der Waals surface area contributed by atoms with Crippen molar-refractivity contribution in [3.8, 4) is 0 Å². The SMILES string of the molecule is CC(O)C1CCN(C(=O)C2C3CCCC32)CC1. The molecule has 1 heterocycles. The van der Waals surface area contributed by atoms with Gasteiger partial charge in [0.05, 0.1) is 6.10 Å². The molecule has 1 amide bonds. The van der Waals surface area contributed by atoms with Crippen LogP contribution in [0.5, 0.6) is 0 Å². The molecule has 96 valence electrons. The zero-order chi connectivity index (χ0) is 12.0. The summed E-state index contributed by atoms with van der Waals surface area (Å²) in [5, 5.41) is 9.55. The second-order valence-corrected chi connectivity index (χ2v) is 6.19. The Morgan fingerprint density at radius 3 is 2.29 bits per heavy atom. The first-order chi connectivity index (χ1) is 8.18. The Hall–Kier alpha value is -0.570. The number of piperidine rings is 1. The predicted molar refractivity (Wildman–Crippen MR) is 65.3 cm³/mol. The van der Waals surface area contributed by atoms with Gasteiger partial charge >= 0.3 is 0 Å². The number of carbonyl (C=O) groups is 1. The highest BCUT2D eigenvalue weighted by Crippen LogP contribution is 2.58. The van der Waals surface area contributed by atoms with E-state index in [-0.39, 0.29) is 6.10 Å². The number of fused-ring (bicyclic) bond motifs is 1. The van der Waals surface area contributed by atoms with E-state index in [0.29, 0.717) is 17.7 Å². The van der Waals surface area contributed by atoms with Gasteiger partial charge in [0, 0.05) is 19.0 Å². The summed E-state index contributed by atoms with van der Waals surface area (Å²) >= 11 is 0. The monoisotopic (exact) mass is 237 g/mol. The number of aliphatic hydroxyl groups is 1. The fourth-order valence-corrected chi connectivity index (χ4v) is 4.00. The van der Waals surface area contributed by atoms with Crippen LogP contribution in [0.25, 0.3) is 0 Å². The molecule has 1 aliphatic heterocycles. The van der Waals surface area contributed by atoms with E-state index in [1.165, 1.54) is 19.3 Å².